The number of hydrogen-bond donors (Lipinski definition) is 1. The Morgan fingerprint density at radius 1 is 1.08 bits per heavy atom. The van der Waals surface area contributed by atoms with Crippen molar-refractivity contribution in [1.29, 1.82) is 0 Å². The molecule has 134 valence electrons. The van der Waals surface area contributed by atoms with Gasteiger partial charge in [0.05, 0.1) is 12.0 Å². The van der Waals surface area contributed by atoms with E-state index in [2.05, 4.69) is 66.4 Å². The fraction of sp³-hybridized carbons (Fsp3) is 0.318. The minimum atomic E-state index is -0.654. The molecule has 0 aliphatic carbocycles. The summed E-state index contributed by atoms with van der Waals surface area (Å²) >= 11 is 1.84. The van der Waals surface area contributed by atoms with E-state index >= 15 is 0 Å². The molecule has 1 aliphatic rings. The number of nitrogens with zero attached hydrogens (tertiary/aromatic N) is 1. The van der Waals surface area contributed by atoms with Gasteiger partial charge in [-0.3, -0.25) is 9.69 Å². The topological polar surface area (TPSA) is 40.5 Å². The van der Waals surface area contributed by atoms with E-state index in [0.29, 0.717) is 0 Å². The Morgan fingerprint density at radius 2 is 1.81 bits per heavy atom. The summed E-state index contributed by atoms with van der Waals surface area (Å²) in [6, 6.07) is 19.8. The van der Waals surface area contributed by atoms with Crippen molar-refractivity contribution in [1.82, 2.24) is 4.90 Å². The lowest BCUT2D eigenvalue weighted by molar-refractivity contribution is -0.143. The van der Waals surface area contributed by atoms with Crippen LogP contribution in [0.15, 0.2) is 54.6 Å². The summed E-state index contributed by atoms with van der Waals surface area (Å²) in [4.78, 5) is 16.4. The Balaban J connectivity index is 1.70. The van der Waals surface area contributed by atoms with Crippen LogP contribution in [-0.4, -0.2) is 29.1 Å². The first kappa shape index (κ1) is 17.3. The molecule has 26 heavy (non-hydrogen) atoms. The Hall–Kier alpha value is -2.17. The van der Waals surface area contributed by atoms with E-state index in [-0.39, 0.29) is 12.0 Å². The molecule has 1 aromatic heterocycles. The number of carboxylic acid groups (broad SMARTS) is 1. The molecule has 1 saturated heterocycles. The number of likely N-dealkylation sites (tertiary alicyclic amines) is 1. The summed E-state index contributed by atoms with van der Waals surface area (Å²) in [6.07, 6.45) is 1.45. The molecule has 0 spiro atoms. The Labute approximate surface area is 157 Å². The molecule has 3 nitrogen and oxygen atoms in total. The first-order valence-electron chi connectivity index (χ1n) is 9.14. The maximum Gasteiger partial charge on any atom is 0.306 e. The van der Waals surface area contributed by atoms with Crippen molar-refractivity contribution in [2.45, 2.75) is 25.8 Å². The maximum absolute atomic E-state index is 11.3. The van der Waals surface area contributed by atoms with Crippen molar-refractivity contribution < 1.29 is 9.90 Å². The second-order valence-electron chi connectivity index (χ2n) is 7.11. The number of carbonyl (C=O) groups is 1. The van der Waals surface area contributed by atoms with Crippen molar-refractivity contribution in [2.75, 3.05) is 13.1 Å². The number of piperidine rings is 1. The third kappa shape index (κ3) is 3.39. The van der Waals surface area contributed by atoms with Gasteiger partial charge in [-0.1, -0.05) is 36.4 Å². The summed E-state index contributed by atoms with van der Waals surface area (Å²) in [5.74, 6) is -0.854. The van der Waals surface area contributed by atoms with Crippen molar-refractivity contribution in [3.63, 3.8) is 0 Å². The normalized spacial score (nSPS) is 17.4. The molecule has 0 bridgehead atoms. The number of hydrogen-bond acceptors (Lipinski definition) is 3. The van der Waals surface area contributed by atoms with Gasteiger partial charge in [-0.25, -0.2) is 0 Å². The second-order valence-corrected chi connectivity index (χ2v) is 8.43. The first-order valence-corrected chi connectivity index (χ1v) is 9.95. The lowest BCUT2D eigenvalue weighted by Gasteiger charge is -2.36. The van der Waals surface area contributed by atoms with Crippen molar-refractivity contribution >= 4 is 28.1 Å². The number of rotatable bonds is 4. The fourth-order valence-corrected chi connectivity index (χ4v) is 4.98. The Morgan fingerprint density at radius 3 is 2.46 bits per heavy atom. The molecular weight excluding hydrogens is 342 g/mol. The van der Waals surface area contributed by atoms with Crippen LogP contribution < -0.4 is 0 Å². The molecule has 3 aromatic rings. The van der Waals surface area contributed by atoms with Crippen LogP contribution in [0.1, 0.15) is 34.2 Å². The molecule has 0 radical (unpaired) electrons. The SMILES string of the molecule is Cc1ccc(C(c2ccc3ccccc3c2)N2CCC(C(=O)O)CC2)s1. The predicted molar refractivity (Wildman–Crippen MR) is 107 cm³/mol. The van der Waals surface area contributed by atoms with Crippen LogP contribution in [0.25, 0.3) is 10.8 Å². The van der Waals surface area contributed by atoms with E-state index in [9.17, 15) is 9.90 Å². The zero-order valence-corrected chi connectivity index (χ0v) is 15.7. The van der Waals surface area contributed by atoms with E-state index in [1.165, 1.54) is 26.1 Å². The molecule has 1 fully saturated rings. The maximum atomic E-state index is 11.3. The molecule has 1 aliphatic heterocycles. The third-order valence-corrected chi connectivity index (χ3v) is 6.42. The highest BCUT2D eigenvalue weighted by Crippen LogP contribution is 2.37. The molecule has 0 amide bonds. The molecule has 1 unspecified atom stereocenters. The van der Waals surface area contributed by atoms with Gasteiger partial charge in [-0.2, -0.15) is 0 Å². The van der Waals surface area contributed by atoms with E-state index in [1.54, 1.807) is 0 Å². The van der Waals surface area contributed by atoms with Crippen molar-refractivity contribution in [3.05, 3.63) is 69.9 Å². The van der Waals surface area contributed by atoms with E-state index in [4.69, 9.17) is 0 Å². The van der Waals surface area contributed by atoms with Crippen LogP contribution in [0.4, 0.5) is 0 Å². The van der Waals surface area contributed by atoms with E-state index in [0.717, 1.165) is 25.9 Å². The van der Waals surface area contributed by atoms with Crippen LogP contribution in [0.5, 0.6) is 0 Å². The van der Waals surface area contributed by atoms with Gasteiger partial charge in [-0.05, 0) is 67.4 Å². The summed E-state index contributed by atoms with van der Waals surface area (Å²) in [7, 11) is 0. The average molecular weight is 365 g/mol. The van der Waals surface area contributed by atoms with Gasteiger partial charge >= 0.3 is 5.97 Å². The summed E-state index contributed by atoms with van der Waals surface area (Å²) < 4.78 is 0. The molecule has 1 atom stereocenters. The lowest BCUT2D eigenvalue weighted by Crippen LogP contribution is -2.39. The Kier molecular flexibility index (Phi) is 4.79. The molecule has 2 aromatic carbocycles. The lowest BCUT2D eigenvalue weighted by atomic mass is 9.93. The summed E-state index contributed by atoms with van der Waals surface area (Å²) in [6.45, 7) is 3.79. The molecular formula is C22H23NO2S. The number of aryl methyl sites for hydroxylation is 1. The minimum Gasteiger partial charge on any atom is -0.481 e. The van der Waals surface area contributed by atoms with Crippen LogP contribution in [0, 0.1) is 12.8 Å². The average Bonchev–Trinajstić information content (AvgIpc) is 3.08. The van der Waals surface area contributed by atoms with Gasteiger partial charge in [0.2, 0.25) is 0 Å². The first-order chi connectivity index (χ1) is 12.6. The zero-order valence-electron chi connectivity index (χ0n) is 14.9. The predicted octanol–water partition coefficient (Wildman–Crippen LogP) is 5.10. The zero-order chi connectivity index (χ0) is 18.1. The Bertz CT molecular complexity index is 925. The number of thiophene rings is 1. The van der Waals surface area contributed by atoms with E-state index < -0.39 is 5.97 Å². The van der Waals surface area contributed by atoms with Crippen LogP contribution in [0.3, 0.4) is 0 Å². The number of fused-ring (bicyclic) bond motifs is 1. The van der Waals surface area contributed by atoms with Crippen molar-refractivity contribution in [3.8, 4) is 0 Å². The van der Waals surface area contributed by atoms with Crippen molar-refractivity contribution in [2.24, 2.45) is 5.92 Å². The van der Waals surface area contributed by atoms with Gasteiger partial charge < -0.3 is 5.11 Å². The standard InChI is InChI=1S/C22H23NO2S/c1-15-6-9-20(26-15)21(23-12-10-17(11-13-23)22(24)25)19-8-7-16-4-2-3-5-18(16)14-19/h2-9,14,17,21H,10-13H2,1H3,(H,24,25). The number of carboxylic acids is 1. The molecule has 0 saturated carbocycles. The summed E-state index contributed by atoms with van der Waals surface area (Å²) in [5.41, 5.74) is 1.29. The van der Waals surface area contributed by atoms with Crippen LogP contribution in [-0.2, 0) is 4.79 Å². The molecule has 2 heterocycles. The molecule has 1 N–H and O–H groups in total. The smallest absolute Gasteiger partial charge is 0.306 e. The summed E-state index contributed by atoms with van der Waals surface area (Å²) in [5, 5.41) is 11.8. The molecule has 4 heteroatoms. The highest BCUT2D eigenvalue weighted by Gasteiger charge is 2.30. The van der Waals surface area contributed by atoms with Gasteiger partial charge in [0.15, 0.2) is 0 Å². The van der Waals surface area contributed by atoms with Gasteiger partial charge in [-0.15, -0.1) is 11.3 Å². The quantitative estimate of drug-likeness (QED) is 0.699. The largest absolute Gasteiger partial charge is 0.481 e. The van der Waals surface area contributed by atoms with Gasteiger partial charge in [0.25, 0.3) is 0 Å². The van der Waals surface area contributed by atoms with Gasteiger partial charge in [0.1, 0.15) is 0 Å². The second kappa shape index (κ2) is 7.22. The highest BCUT2D eigenvalue weighted by atomic mass is 32.1. The monoisotopic (exact) mass is 365 g/mol. The molecule has 4 rings (SSSR count). The fourth-order valence-electron chi connectivity index (χ4n) is 3.94. The number of aliphatic carboxylic acids is 1. The highest BCUT2D eigenvalue weighted by molar-refractivity contribution is 7.12. The van der Waals surface area contributed by atoms with E-state index in [1.807, 2.05) is 11.3 Å². The third-order valence-electron chi connectivity index (χ3n) is 5.36. The minimum absolute atomic E-state index is 0.200. The van der Waals surface area contributed by atoms with Gasteiger partial charge in [0, 0.05) is 9.75 Å². The van der Waals surface area contributed by atoms with Crippen LogP contribution >= 0.6 is 11.3 Å². The number of benzene rings is 2. The van der Waals surface area contributed by atoms with Crippen LogP contribution in [0.2, 0.25) is 0 Å².